The highest BCUT2D eigenvalue weighted by molar-refractivity contribution is 6.30. The van der Waals surface area contributed by atoms with Crippen LogP contribution in [0.2, 0.25) is 5.02 Å². The lowest BCUT2D eigenvalue weighted by Crippen LogP contribution is -2.44. The second-order valence-electron chi connectivity index (χ2n) is 5.58. The SMILES string of the molecule is CC(C(=O)O)N(C(=O)c1ccn(-c2ccc(Cl)cc2)n1)C1CC1. The van der Waals surface area contributed by atoms with Crippen LogP contribution in [0.4, 0.5) is 0 Å². The van der Waals surface area contributed by atoms with Crippen LogP contribution < -0.4 is 0 Å². The number of nitrogens with zero attached hydrogens (tertiary/aromatic N) is 3. The van der Waals surface area contributed by atoms with Crippen LogP contribution in [0.5, 0.6) is 0 Å². The van der Waals surface area contributed by atoms with Crippen molar-refractivity contribution in [3.8, 4) is 5.69 Å². The first-order valence-corrected chi connectivity index (χ1v) is 7.72. The molecular formula is C16H16ClN3O3. The van der Waals surface area contributed by atoms with E-state index in [4.69, 9.17) is 11.6 Å². The fourth-order valence-corrected chi connectivity index (χ4v) is 2.56. The number of amides is 1. The molecule has 1 fully saturated rings. The number of hydrogen-bond acceptors (Lipinski definition) is 3. The van der Waals surface area contributed by atoms with Crippen LogP contribution in [-0.2, 0) is 4.79 Å². The highest BCUT2D eigenvalue weighted by Crippen LogP contribution is 2.30. The van der Waals surface area contributed by atoms with Crippen LogP contribution in [0.15, 0.2) is 36.5 Å². The van der Waals surface area contributed by atoms with Gasteiger partial charge in [-0.1, -0.05) is 11.6 Å². The van der Waals surface area contributed by atoms with Gasteiger partial charge < -0.3 is 10.0 Å². The predicted molar refractivity (Wildman–Crippen MR) is 84.9 cm³/mol. The van der Waals surface area contributed by atoms with E-state index in [0.717, 1.165) is 18.5 Å². The highest BCUT2D eigenvalue weighted by Gasteiger charge is 2.39. The average Bonchev–Trinajstić information content (AvgIpc) is 3.23. The van der Waals surface area contributed by atoms with Gasteiger partial charge in [0.05, 0.1) is 5.69 Å². The zero-order valence-electron chi connectivity index (χ0n) is 12.5. The summed E-state index contributed by atoms with van der Waals surface area (Å²) in [6, 6.07) is 7.79. The molecule has 0 radical (unpaired) electrons. The third-order valence-electron chi connectivity index (χ3n) is 3.85. The third kappa shape index (κ3) is 3.22. The summed E-state index contributed by atoms with van der Waals surface area (Å²) in [5.41, 5.74) is 1.01. The summed E-state index contributed by atoms with van der Waals surface area (Å²) in [7, 11) is 0. The summed E-state index contributed by atoms with van der Waals surface area (Å²) < 4.78 is 1.57. The third-order valence-corrected chi connectivity index (χ3v) is 4.10. The summed E-state index contributed by atoms with van der Waals surface area (Å²) in [6.07, 6.45) is 3.34. The lowest BCUT2D eigenvalue weighted by molar-refractivity contribution is -0.141. The number of benzene rings is 1. The Hall–Kier alpha value is -2.34. The Labute approximate surface area is 138 Å². The van der Waals surface area contributed by atoms with Gasteiger partial charge in [0, 0.05) is 17.3 Å². The van der Waals surface area contributed by atoms with E-state index < -0.39 is 12.0 Å². The minimum atomic E-state index is -1.01. The van der Waals surface area contributed by atoms with Crippen molar-refractivity contribution in [3.63, 3.8) is 0 Å². The summed E-state index contributed by atoms with van der Waals surface area (Å²) in [6.45, 7) is 1.52. The first kappa shape index (κ1) is 15.6. The number of carbonyl (C=O) groups is 2. The van der Waals surface area contributed by atoms with Crippen molar-refractivity contribution in [1.82, 2.24) is 14.7 Å². The van der Waals surface area contributed by atoms with Gasteiger partial charge in [0.1, 0.15) is 6.04 Å². The lowest BCUT2D eigenvalue weighted by Gasteiger charge is -2.25. The number of carboxylic acid groups (broad SMARTS) is 1. The molecule has 120 valence electrons. The van der Waals surface area contributed by atoms with Crippen LogP contribution in [0.25, 0.3) is 5.69 Å². The largest absolute Gasteiger partial charge is 0.480 e. The number of carboxylic acids is 1. The van der Waals surface area contributed by atoms with Gasteiger partial charge in [-0.15, -0.1) is 0 Å². The maximum atomic E-state index is 12.6. The Balaban J connectivity index is 1.85. The van der Waals surface area contributed by atoms with Gasteiger partial charge in [0.2, 0.25) is 0 Å². The fraction of sp³-hybridized carbons (Fsp3) is 0.312. The zero-order chi connectivity index (χ0) is 16.6. The summed E-state index contributed by atoms with van der Waals surface area (Å²) in [5, 5.41) is 14.1. The number of rotatable bonds is 5. The van der Waals surface area contributed by atoms with E-state index in [0.29, 0.717) is 5.02 Å². The first-order valence-electron chi connectivity index (χ1n) is 7.34. The lowest BCUT2D eigenvalue weighted by atomic mass is 10.2. The molecule has 1 heterocycles. The van der Waals surface area contributed by atoms with Crippen LogP contribution in [0.1, 0.15) is 30.3 Å². The quantitative estimate of drug-likeness (QED) is 0.912. The number of halogens is 1. The molecule has 1 atom stereocenters. The number of carbonyl (C=O) groups excluding carboxylic acids is 1. The molecule has 0 saturated heterocycles. The van der Waals surface area contributed by atoms with Crippen molar-refractivity contribution in [1.29, 1.82) is 0 Å². The molecule has 1 amide bonds. The highest BCUT2D eigenvalue weighted by atomic mass is 35.5. The standard InChI is InChI=1S/C16H16ClN3O3/c1-10(16(22)23)20(13-6-7-13)15(21)14-8-9-19(18-14)12-4-2-11(17)3-5-12/h2-5,8-10,13H,6-7H2,1H3,(H,22,23). The van der Waals surface area contributed by atoms with Gasteiger partial charge in [-0.05, 0) is 50.1 Å². The molecule has 1 unspecified atom stereocenters. The Morgan fingerprint density at radius 2 is 1.96 bits per heavy atom. The molecule has 23 heavy (non-hydrogen) atoms. The van der Waals surface area contributed by atoms with E-state index in [9.17, 15) is 14.7 Å². The molecule has 1 aliphatic rings. The maximum Gasteiger partial charge on any atom is 0.326 e. The molecule has 7 heteroatoms. The molecule has 0 bridgehead atoms. The molecule has 1 N–H and O–H groups in total. The Bertz CT molecular complexity index is 737. The topological polar surface area (TPSA) is 75.4 Å². The summed E-state index contributed by atoms with van der Waals surface area (Å²) in [4.78, 5) is 25.3. The molecule has 1 aliphatic carbocycles. The molecule has 0 aliphatic heterocycles. The molecule has 1 aromatic carbocycles. The van der Waals surface area contributed by atoms with E-state index in [-0.39, 0.29) is 17.6 Å². The van der Waals surface area contributed by atoms with Crippen LogP contribution in [0.3, 0.4) is 0 Å². The van der Waals surface area contributed by atoms with Crippen molar-refractivity contribution >= 4 is 23.5 Å². The van der Waals surface area contributed by atoms with Crippen LogP contribution in [0, 0.1) is 0 Å². The van der Waals surface area contributed by atoms with Crippen molar-refractivity contribution < 1.29 is 14.7 Å². The van der Waals surface area contributed by atoms with Crippen molar-refractivity contribution in [2.24, 2.45) is 0 Å². The minimum Gasteiger partial charge on any atom is -0.480 e. The van der Waals surface area contributed by atoms with Gasteiger partial charge in [-0.3, -0.25) is 4.79 Å². The minimum absolute atomic E-state index is 0.00529. The van der Waals surface area contributed by atoms with E-state index in [1.54, 1.807) is 41.2 Å². The second-order valence-corrected chi connectivity index (χ2v) is 6.02. The van der Waals surface area contributed by atoms with Crippen molar-refractivity contribution in [3.05, 3.63) is 47.2 Å². The number of aromatic nitrogens is 2. The Morgan fingerprint density at radius 1 is 1.30 bits per heavy atom. The van der Waals surface area contributed by atoms with E-state index >= 15 is 0 Å². The van der Waals surface area contributed by atoms with Gasteiger partial charge in [-0.25, -0.2) is 9.48 Å². The molecule has 6 nitrogen and oxygen atoms in total. The van der Waals surface area contributed by atoms with Crippen LogP contribution in [-0.4, -0.2) is 43.7 Å². The van der Waals surface area contributed by atoms with Crippen LogP contribution >= 0.6 is 11.6 Å². The smallest absolute Gasteiger partial charge is 0.326 e. The number of aliphatic carboxylic acids is 1. The average molecular weight is 334 g/mol. The van der Waals surface area contributed by atoms with Crippen molar-refractivity contribution in [2.75, 3.05) is 0 Å². The molecule has 0 spiro atoms. The second kappa shape index (κ2) is 6.04. The van der Waals surface area contributed by atoms with Gasteiger partial charge in [0.25, 0.3) is 5.91 Å². The van der Waals surface area contributed by atoms with Crippen molar-refractivity contribution in [2.45, 2.75) is 31.8 Å². The molecule has 3 rings (SSSR count). The first-order chi connectivity index (χ1) is 11.0. The summed E-state index contributed by atoms with van der Waals surface area (Å²) >= 11 is 5.86. The van der Waals surface area contributed by atoms with E-state index in [2.05, 4.69) is 5.10 Å². The fourth-order valence-electron chi connectivity index (χ4n) is 2.44. The molecule has 2 aromatic rings. The van der Waals surface area contributed by atoms with Gasteiger partial charge in [-0.2, -0.15) is 5.10 Å². The molecular weight excluding hydrogens is 318 g/mol. The predicted octanol–water partition coefficient (Wildman–Crippen LogP) is 2.60. The zero-order valence-corrected chi connectivity index (χ0v) is 13.3. The molecule has 1 saturated carbocycles. The summed E-state index contributed by atoms with van der Waals surface area (Å²) in [5.74, 6) is -1.36. The maximum absolute atomic E-state index is 12.6. The van der Waals surface area contributed by atoms with Gasteiger partial charge >= 0.3 is 5.97 Å². The number of hydrogen-bond donors (Lipinski definition) is 1. The Morgan fingerprint density at radius 3 is 2.52 bits per heavy atom. The normalized spacial score (nSPS) is 15.2. The van der Waals surface area contributed by atoms with E-state index in [1.807, 2.05) is 0 Å². The van der Waals surface area contributed by atoms with Gasteiger partial charge in [0.15, 0.2) is 5.69 Å². The molecule has 1 aromatic heterocycles. The van der Waals surface area contributed by atoms with E-state index in [1.165, 1.54) is 11.8 Å². The monoisotopic (exact) mass is 333 g/mol. The Kier molecular flexibility index (Phi) is 4.09.